The third-order valence-corrected chi connectivity index (χ3v) is 6.46. The molecular formula is C23H30ClFN6O2S. The summed E-state index contributed by atoms with van der Waals surface area (Å²) in [7, 11) is 0. The molecule has 1 aromatic heterocycles. The van der Waals surface area contributed by atoms with Crippen molar-refractivity contribution in [1.82, 2.24) is 25.5 Å². The molecule has 2 N–H and O–H groups in total. The smallest absolute Gasteiger partial charge is 0.317 e. The van der Waals surface area contributed by atoms with Crippen LogP contribution >= 0.6 is 23.4 Å². The molecule has 34 heavy (non-hydrogen) atoms. The third kappa shape index (κ3) is 7.73. The van der Waals surface area contributed by atoms with Crippen LogP contribution in [0.4, 0.5) is 15.0 Å². The average molecular weight is 509 g/mol. The standard InChI is InChI=1S/C23H30ClFN6O2S/c1-3-4-9-26-23(33)31-11-10-30(14-16(31)2)20-12-19(24)28-22(29-20)34-15-21(32)27-13-17-5-7-18(25)8-6-17/h5-8,12,16H,3-4,9-11,13-15H2,1-2H3,(H,26,33)(H,27,32). The first-order valence-corrected chi connectivity index (χ1v) is 12.7. The number of carbonyl (C=O) groups is 2. The Balaban J connectivity index is 1.52. The van der Waals surface area contributed by atoms with Crippen molar-refractivity contribution < 1.29 is 14.0 Å². The van der Waals surface area contributed by atoms with Crippen LogP contribution in [-0.2, 0) is 11.3 Å². The summed E-state index contributed by atoms with van der Waals surface area (Å²) in [4.78, 5) is 37.4. The molecule has 0 saturated carbocycles. The predicted octanol–water partition coefficient (Wildman–Crippen LogP) is 3.70. The lowest BCUT2D eigenvalue weighted by molar-refractivity contribution is -0.118. The third-order valence-electron chi connectivity index (χ3n) is 5.42. The number of nitrogens with zero attached hydrogens (tertiary/aromatic N) is 4. The van der Waals surface area contributed by atoms with Crippen LogP contribution in [0.3, 0.4) is 0 Å². The quantitative estimate of drug-likeness (QED) is 0.232. The van der Waals surface area contributed by atoms with Crippen LogP contribution in [-0.4, -0.2) is 64.8 Å². The van der Waals surface area contributed by atoms with Gasteiger partial charge in [-0.25, -0.2) is 19.2 Å². The summed E-state index contributed by atoms with van der Waals surface area (Å²) in [5.41, 5.74) is 0.813. The molecule has 0 bridgehead atoms. The molecule has 0 spiro atoms. The van der Waals surface area contributed by atoms with Crippen LogP contribution in [0.15, 0.2) is 35.5 Å². The highest BCUT2D eigenvalue weighted by Crippen LogP contribution is 2.24. The number of nitrogens with one attached hydrogen (secondary N) is 2. The molecule has 2 aromatic rings. The van der Waals surface area contributed by atoms with E-state index < -0.39 is 0 Å². The predicted molar refractivity (Wildman–Crippen MR) is 133 cm³/mol. The van der Waals surface area contributed by atoms with Gasteiger partial charge in [-0.05, 0) is 31.0 Å². The maximum Gasteiger partial charge on any atom is 0.317 e. The molecule has 1 atom stereocenters. The minimum absolute atomic E-state index is 0.0115. The van der Waals surface area contributed by atoms with Gasteiger partial charge in [0.1, 0.15) is 16.8 Å². The molecule has 11 heteroatoms. The van der Waals surface area contributed by atoms with Crippen molar-refractivity contribution in [2.75, 3.05) is 36.8 Å². The molecule has 3 amide bonds. The van der Waals surface area contributed by atoms with E-state index in [1.807, 2.05) is 11.8 Å². The molecule has 1 aliphatic heterocycles. The Hall–Kier alpha value is -2.59. The van der Waals surface area contributed by atoms with E-state index in [4.69, 9.17) is 11.6 Å². The highest BCUT2D eigenvalue weighted by molar-refractivity contribution is 7.99. The van der Waals surface area contributed by atoms with Gasteiger partial charge in [0.15, 0.2) is 5.16 Å². The number of carbonyl (C=O) groups excluding carboxylic acids is 2. The molecule has 0 aliphatic carbocycles. The number of anilines is 1. The van der Waals surface area contributed by atoms with Gasteiger partial charge in [-0.3, -0.25) is 4.79 Å². The number of amides is 3. The van der Waals surface area contributed by atoms with Crippen LogP contribution in [0.25, 0.3) is 0 Å². The molecule has 184 valence electrons. The van der Waals surface area contributed by atoms with E-state index in [1.165, 1.54) is 23.9 Å². The first kappa shape index (κ1) is 26.0. The van der Waals surface area contributed by atoms with Gasteiger partial charge in [0.25, 0.3) is 0 Å². The van der Waals surface area contributed by atoms with Crippen LogP contribution in [0.2, 0.25) is 5.15 Å². The number of halogens is 2. The number of hydrogen-bond donors (Lipinski definition) is 2. The van der Waals surface area contributed by atoms with Gasteiger partial charge >= 0.3 is 6.03 Å². The Kier molecular flexibility index (Phi) is 9.76. The van der Waals surface area contributed by atoms with Crippen LogP contribution in [0.1, 0.15) is 32.3 Å². The minimum Gasteiger partial charge on any atom is -0.353 e. The Morgan fingerprint density at radius 3 is 2.68 bits per heavy atom. The Morgan fingerprint density at radius 1 is 1.21 bits per heavy atom. The molecule has 2 heterocycles. The lowest BCUT2D eigenvalue weighted by Crippen LogP contribution is -2.56. The number of hydrogen-bond acceptors (Lipinski definition) is 6. The van der Waals surface area contributed by atoms with Crippen LogP contribution in [0.5, 0.6) is 0 Å². The van der Waals surface area contributed by atoms with Crippen molar-refractivity contribution in [2.45, 2.75) is 44.4 Å². The number of thioether (sulfide) groups is 1. The zero-order valence-electron chi connectivity index (χ0n) is 19.4. The fourth-order valence-corrected chi connectivity index (χ4v) is 4.45. The SMILES string of the molecule is CCCCNC(=O)N1CCN(c2cc(Cl)nc(SCC(=O)NCc3ccc(F)cc3)n2)CC1C. The fourth-order valence-electron chi connectivity index (χ4n) is 3.54. The number of urea groups is 1. The van der Waals surface area contributed by atoms with Crippen molar-refractivity contribution in [3.05, 3.63) is 46.9 Å². The Bertz CT molecular complexity index is 980. The van der Waals surface area contributed by atoms with Gasteiger partial charge in [0.05, 0.1) is 5.75 Å². The monoisotopic (exact) mass is 508 g/mol. The number of aromatic nitrogens is 2. The van der Waals surface area contributed by atoms with Crippen molar-refractivity contribution in [3.8, 4) is 0 Å². The zero-order chi connectivity index (χ0) is 24.5. The first-order valence-electron chi connectivity index (χ1n) is 11.3. The fraction of sp³-hybridized carbons (Fsp3) is 0.478. The molecule has 0 radical (unpaired) electrons. The largest absolute Gasteiger partial charge is 0.353 e. The summed E-state index contributed by atoms with van der Waals surface area (Å²) in [5.74, 6) is 0.303. The van der Waals surface area contributed by atoms with Crippen LogP contribution in [0, 0.1) is 5.82 Å². The molecule has 8 nitrogen and oxygen atoms in total. The van der Waals surface area contributed by atoms with Crippen molar-refractivity contribution in [1.29, 1.82) is 0 Å². The van der Waals surface area contributed by atoms with Crippen LogP contribution < -0.4 is 15.5 Å². The molecule has 1 aliphatic rings. The van der Waals surface area contributed by atoms with Gasteiger partial charge in [-0.15, -0.1) is 0 Å². The lowest BCUT2D eigenvalue weighted by Gasteiger charge is -2.40. The van der Waals surface area contributed by atoms with E-state index in [1.54, 1.807) is 18.2 Å². The highest BCUT2D eigenvalue weighted by Gasteiger charge is 2.28. The normalized spacial score (nSPS) is 15.8. The second-order valence-electron chi connectivity index (χ2n) is 8.10. The number of piperazine rings is 1. The number of rotatable bonds is 9. The van der Waals surface area contributed by atoms with E-state index in [0.29, 0.717) is 48.9 Å². The molecule has 3 rings (SSSR count). The molecule has 1 aromatic carbocycles. The van der Waals surface area contributed by atoms with Crippen molar-refractivity contribution >= 4 is 41.1 Å². The summed E-state index contributed by atoms with van der Waals surface area (Å²) < 4.78 is 13.0. The summed E-state index contributed by atoms with van der Waals surface area (Å²) in [5, 5.41) is 6.47. The topological polar surface area (TPSA) is 90.5 Å². The summed E-state index contributed by atoms with van der Waals surface area (Å²) in [6, 6.07) is 7.65. The maximum atomic E-state index is 13.0. The molecule has 1 unspecified atom stereocenters. The summed E-state index contributed by atoms with van der Waals surface area (Å²) in [6.45, 7) is 6.92. The van der Waals surface area contributed by atoms with Gasteiger partial charge in [-0.1, -0.05) is 48.8 Å². The first-order chi connectivity index (χ1) is 16.4. The van der Waals surface area contributed by atoms with E-state index in [-0.39, 0.29) is 29.6 Å². The van der Waals surface area contributed by atoms with E-state index in [9.17, 15) is 14.0 Å². The average Bonchev–Trinajstić information content (AvgIpc) is 2.82. The van der Waals surface area contributed by atoms with Crippen molar-refractivity contribution in [2.24, 2.45) is 0 Å². The second kappa shape index (κ2) is 12.8. The Morgan fingerprint density at radius 2 is 1.97 bits per heavy atom. The number of unbranched alkanes of at least 4 members (excludes halogenated alkanes) is 1. The van der Waals surface area contributed by atoms with E-state index >= 15 is 0 Å². The van der Waals surface area contributed by atoms with Gasteiger partial charge in [-0.2, -0.15) is 0 Å². The second-order valence-corrected chi connectivity index (χ2v) is 9.43. The summed E-state index contributed by atoms with van der Waals surface area (Å²) in [6.07, 6.45) is 2.00. The number of benzene rings is 1. The van der Waals surface area contributed by atoms with Gasteiger partial charge < -0.3 is 20.4 Å². The Labute approximate surface area is 208 Å². The summed E-state index contributed by atoms with van der Waals surface area (Å²) >= 11 is 7.42. The lowest BCUT2D eigenvalue weighted by atomic mass is 10.2. The van der Waals surface area contributed by atoms with Gasteiger partial charge in [0, 0.05) is 44.8 Å². The molecule has 1 saturated heterocycles. The highest BCUT2D eigenvalue weighted by atomic mass is 35.5. The minimum atomic E-state index is -0.314. The zero-order valence-corrected chi connectivity index (χ0v) is 21.0. The van der Waals surface area contributed by atoms with E-state index in [2.05, 4.69) is 32.4 Å². The molecule has 1 fully saturated rings. The van der Waals surface area contributed by atoms with Gasteiger partial charge in [0.2, 0.25) is 5.91 Å². The maximum absolute atomic E-state index is 13.0. The molecular weight excluding hydrogens is 479 g/mol. The van der Waals surface area contributed by atoms with Crippen molar-refractivity contribution in [3.63, 3.8) is 0 Å². The van der Waals surface area contributed by atoms with E-state index in [0.717, 1.165) is 18.4 Å².